The van der Waals surface area contributed by atoms with Crippen LogP contribution in [0.25, 0.3) is 21.3 Å². The number of hydrogen-bond donors (Lipinski definition) is 0. The van der Waals surface area contributed by atoms with Gasteiger partial charge in [-0.3, -0.25) is 19.1 Å². The molecule has 1 aliphatic heterocycles. The minimum Gasteiger partial charge on any atom is -0.336 e. The fourth-order valence-electron chi connectivity index (χ4n) is 4.68. The van der Waals surface area contributed by atoms with Crippen LogP contribution in [0.1, 0.15) is 24.4 Å². The molecule has 1 atom stereocenters. The number of carbonyl (C=O) groups is 1. The summed E-state index contributed by atoms with van der Waals surface area (Å²) in [5.41, 5.74) is 4.08. The molecule has 0 bridgehead atoms. The van der Waals surface area contributed by atoms with Crippen molar-refractivity contribution in [2.45, 2.75) is 25.4 Å². The monoisotopic (exact) mass is 472 g/mol. The van der Waals surface area contributed by atoms with Gasteiger partial charge in [-0.1, -0.05) is 53.8 Å². The lowest BCUT2D eigenvalue weighted by molar-refractivity contribution is -0.133. The summed E-state index contributed by atoms with van der Waals surface area (Å²) in [6, 6.07) is 19.9. The van der Waals surface area contributed by atoms with Crippen molar-refractivity contribution in [2.24, 2.45) is 0 Å². The van der Waals surface area contributed by atoms with Gasteiger partial charge in [0.25, 0.3) is 0 Å². The highest BCUT2D eigenvalue weighted by atomic mass is 32.1. The number of rotatable bonds is 7. The molecule has 3 heterocycles. The third kappa shape index (κ3) is 4.67. The SMILES string of the molecule is CN(C(=O)Cn1c(=O)sc2ccccc21)C(CN1CCCC1)c1ccc(-c2cccnc2)cc1. The number of fused-ring (bicyclic) bond motifs is 1. The summed E-state index contributed by atoms with van der Waals surface area (Å²) in [6.45, 7) is 2.94. The van der Waals surface area contributed by atoms with E-state index in [2.05, 4.69) is 34.1 Å². The zero-order chi connectivity index (χ0) is 23.5. The van der Waals surface area contributed by atoms with Gasteiger partial charge in [0.15, 0.2) is 0 Å². The number of nitrogens with zero attached hydrogens (tertiary/aromatic N) is 4. The lowest BCUT2D eigenvalue weighted by Crippen LogP contribution is -2.40. The van der Waals surface area contributed by atoms with Crippen LogP contribution < -0.4 is 4.87 Å². The highest BCUT2D eigenvalue weighted by Crippen LogP contribution is 2.27. The molecule has 1 unspecified atom stereocenters. The van der Waals surface area contributed by atoms with Gasteiger partial charge in [-0.15, -0.1) is 0 Å². The molecular weight excluding hydrogens is 444 g/mol. The maximum absolute atomic E-state index is 13.4. The predicted octanol–water partition coefficient (Wildman–Crippen LogP) is 4.42. The molecule has 0 aliphatic carbocycles. The number of para-hydroxylation sites is 1. The molecular formula is C27H28N4O2S. The molecule has 0 saturated carbocycles. The van der Waals surface area contributed by atoms with E-state index in [0.717, 1.165) is 46.5 Å². The van der Waals surface area contributed by atoms with Crippen molar-refractivity contribution < 1.29 is 4.79 Å². The topological polar surface area (TPSA) is 58.4 Å². The number of hydrogen-bond acceptors (Lipinski definition) is 5. The molecule has 1 amide bonds. The van der Waals surface area contributed by atoms with Crippen LogP contribution in [0.4, 0.5) is 0 Å². The second-order valence-corrected chi connectivity index (χ2v) is 9.81. The average Bonchev–Trinajstić information content (AvgIpc) is 3.50. The Bertz CT molecular complexity index is 1320. The van der Waals surface area contributed by atoms with Gasteiger partial charge < -0.3 is 9.80 Å². The van der Waals surface area contributed by atoms with Gasteiger partial charge in [0.2, 0.25) is 5.91 Å². The number of benzene rings is 2. The molecule has 1 saturated heterocycles. The smallest absolute Gasteiger partial charge is 0.308 e. The summed E-state index contributed by atoms with van der Waals surface area (Å²) in [5, 5.41) is 0. The van der Waals surface area contributed by atoms with Crippen LogP contribution in [0.2, 0.25) is 0 Å². The molecule has 34 heavy (non-hydrogen) atoms. The van der Waals surface area contributed by atoms with E-state index in [1.807, 2.05) is 54.5 Å². The maximum atomic E-state index is 13.4. The molecule has 2 aromatic heterocycles. The van der Waals surface area contributed by atoms with E-state index in [0.29, 0.717) is 0 Å². The third-order valence-corrected chi connectivity index (χ3v) is 7.61. The van der Waals surface area contributed by atoms with Crippen LogP contribution in [0.15, 0.2) is 77.9 Å². The number of likely N-dealkylation sites (N-methyl/N-ethyl adjacent to an activating group) is 1. The third-order valence-electron chi connectivity index (χ3n) is 6.65. The Morgan fingerprint density at radius 1 is 1.03 bits per heavy atom. The molecule has 1 fully saturated rings. The normalized spacial score (nSPS) is 15.0. The Kier molecular flexibility index (Phi) is 6.56. The van der Waals surface area contributed by atoms with E-state index < -0.39 is 0 Å². The molecule has 0 N–H and O–H groups in total. The van der Waals surface area contributed by atoms with Crippen molar-refractivity contribution in [3.63, 3.8) is 0 Å². The quantitative estimate of drug-likeness (QED) is 0.400. The first-order valence-electron chi connectivity index (χ1n) is 11.7. The summed E-state index contributed by atoms with van der Waals surface area (Å²) in [6.07, 6.45) is 6.02. The molecule has 174 valence electrons. The van der Waals surface area contributed by atoms with Crippen LogP contribution in [-0.2, 0) is 11.3 Å². The van der Waals surface area contributed by atoms with Crippen molar-refractivity contribution in [3.8, 4) is 11.1 Å². The summed E-state index contributed by atoms with van der Waals surface area (Å²) >= 11 is 1.19. The lowest BCUT2D eigenvalue weighted by Gasteiger charge is -2.32. The molecule has 2 aromatic carbocycles. The lowest BCUT2D eigenvalue weighted by atomic mass is 10.0. The molecule has 7 heteroatoms. The number of amides is 1. The summed E-state index contributed by atoms with van der Waals surface area (Å²) in [5.74, 6) is -0.0637. The van der Waals surface area contributed by atoms with Crippen LogP contribution in [0.3, 0.4) is 0 Å². The Hall–Kier alpha value is -3.29. The minimum absolute atomic E-state index is 0.0453. The molecule has 4 aromatic rings. The molecule has 1 aliphatic rings. The predicted molar refractivity (Wildman–Crippen MR) is 137 cm³/mol. The van der Waals surface area contributed by atoms with Gasteiger partial charge in [0.05, 0.1) is 16.3 Å². The van der Waals surface area contributed by atoms with Gasteiger partial charge in [-0.25, -0.2) is 0 Å². The van der Waals surface area contributed by atoms with E-state index in [4.69, 9.17) is 0 Å². The number of aromatic nitrogens is 2. The Morgan fingerprint density at radius 2 is 1.79 bits per heavy atom. The highest BCUT2D eigenvalue weighted by molar-refractivity contribution is 7.16. The Labute approximate surface area is 203 Å². The van der Waals surface area contributed by atoms with E-state index in [-0.39, 0.29) is 23.4 Å². The largest absolute Gasteiger partial charge is 0.336 e. The molecule has 0 spiro atoms. The van der Waals surface area contributed by atoms with Crippen molar-refractivity contribution >= 4 is 27.5 Å². The van der Waals surface area contributed by atoms with Crippen LogP contribution >= 0.6 is 11.3 Å². The molecule has 5 rings (SSSR count). The fraction of sp³-hybridized carbons (Fsp3) is 0.296. The second kappa shape index (κ2) is 9.91. The van der Waals surface area contributed by atoms with Crippen molar-refractivity contribution in [1.29, 1.82) is 0 Å². The van der Waals surface area contributed by atoms with E-state index >= 15 is 0 Å². The standard InChI is InChI=1S/C27H28N4O2S/c1-29(26(32)19-31-23-8-2-3-9-25(23)34-27(31)33)24(18-30-15-4-5-16-30)21-12-10-20(11-13-21)22-7-6-14-28-17-22/h2-3,6-14,17,24H,4-5,15-16,18-19H2,1H3. The number of thiazole rings is 1. The Morgan fingerprint density at radius 3 is 2.53 bits per heavy atom. The fourth-order valence-corrected chi connectivity index (χ4v) is 5.57. The zero-order valence-electron chi connectivity index (χ0n) is 19.3. The average molecular weight is 473 g/mol. The van der Waals surface area contributed by atoms with E-state index in [1.165, 1.54) is 24.2 Å². The van der Waals surface area contributed by atoms with Gasteiger partial charge >= 0.3 is 4.87 Å². The van der Waals surface area contributed by atoms with Crippen molar-refractivity contribution in [2.75, 3.05) is 26.7 Å². The second-order valence-electron chi connectivity index (χ2n) is 8.81. The first-order chi connectivity index (χ1) is 16.6. The first kappa shape index (κ1) is 22.5. The van der Waals surface area contributed by atoms with Crippen LogP contribution in [0, 0.1) is 0 Å². The minimum atomic E-state index is -0.0973. The van der Waals surface area contributed by atoms with Gasteiger partial charge in [0, 0.05) is 26.0 Å². The summed E-state index contributed by atoms with van der Waals surface area (Å²) < 4.78 is 2.50. The number of pyridine rings is 1. The first-order valence-corrected chi connectivity index (χ1v) is 12.5. The number of likely N-dealkylation sites (tertiary alicyclic amines) is 1. The van der Waals surface area contributed by atoms with Crippen LogP contribution in [0.5, 0.6) is 0 Å². The summed E-state index contributed by atoms with van der Waals surface area (Å²) in [4.78, 5) is 34.4. The van der Waals surface area contributed by atoms with Gasteiger partial charge in [-0.2, -0.15) is 0 Å². The zero-order valence-corrected chi connectivity index (χ0v) is 20.1. The summed E-state index contributed by atoms with van der Waals surface area (Å²) in [7, 11) is 1.86. The van der Waals surface area contributed by atoms with Gasteiger partial charge in [0.1, 0.15) is 6.54 Å². The maximum Gasteiger partial charge on any atom is 0.308 e. The van der Waals surface area contributed by atoms with E-state index in [1.54, 1.807) is 10.8 Å². The van der Waals surface area contributed by atoms with Crippen molar-refractivity contribution in [1.82, 2.24) is 19.4 Å². The number of carbonyl (C=O) groups excluding carboxylic acids is 1. The van der Waals surface area contributed by atoms with Crippen molar-refractivity contribution in [3.05, 3.63) is 88.3 Å². The van der Waals surface area contributed by atoms with Crippen LogP contribution in [-0.4, -0.2) is 51.9 Å². The highest BCUT2D eigenvalue weighted by Gasteiger charge is 2.26. The van der Waals surface area contributed by atoms with Gasteiger partial charge in [-0.05, 0) is 60.8 Å². The molecule has 0 radical (unpaired) electrons. The Balaban J connectivity index is 1.41. The molecule has 6 nitrogen and oxygen atoms in total. The van der Waals surface area contributed by atoms with E-state index in [9.17, 15) is 9.59 Å².